The van der Waals surface area contributed by atoms with Crippen LogP contribution in [0.4, 0.5) is 0 Å². The summed E-state index contributed by atoms with van der Waals surface area (Å²) in [6.07, 6.45) is 0.164. The van der Waals surface area contributed by atoms with Crippen LogP contribution in [0.1, 0.15) is 27.2 Å². The second-order valence-corrected chi connectivity index (χ2v) is 5.60. The number of ether oxygens (including phenoxy) is 1. The molecule has 0 aromatic rings. The molecule has 18 heavy (non-hydrogen) atoms. The van der Waals surface area contributed by atoms with E-state index >= 15 is 0 Å². The van der Waals surface area contributed by atoms with Gasteiger partial charge in [-0.25, -0.2) is 4.79 Å². The third-order valence-electron chi connectivity index (χ3n) is 2.97. The summed E-state index contributed by atoms with van der Waals surface area (Å²) in [6.45, 7) is 6.35. The van der Waals surface area contributed by atoms with Crippen LogP contribution in [0, 0.1) is 0 Å². The number of aliphatic carboxylic acids is 1. The molecule has 1 saturated heterocycles. The fourth-order valence-corrected chi connectivity index (χ4v) is 1.92. The summed E-state index contributed by atoms with van der Waals surface area (Å²) in [5.74, 6) is -1.17. The first kappa shape index (κ1) is 14.9. The van der Waals surface area contributed by atoms with Gasteiger partial charge in [0.05, 0.1) is 12.6 Å². The summed E-state index contributed by atoms with van der Waals surface area (Å²) in [5, 5.41) is 12.2. The number of hydrogen-bond acceptors (Lipinski definition) is 4. The van der Waals surface area contributed by atoms with Crippen LogP contribution in [-0.2, 0) is 14.3 Å². The molecule has 104 valence electrons. The molecule has 0 aromatic heterocycles. The van der Waals surface area contributed by atoms with E-state index < -0.39 is 12.0 Å². The fraction of sp³-hybridized carbons (Fsp3) is 0.833. The first-order chi connectivity index (χ1) is 8.24. The molecule has 2 N–H and O–H groups in total. The number of methoxy groups -OCH3 is 1. The van der Waals surface area contributed by atoms with Gasteiger partial charge in [-0.3, -0.25) is 4.79 Å². The van der Waals surface area contributed by atoms with Crippen LogP contribution >= 0.6 is 0 Å². The Labute approximate surface area is 107 Å². The van der Waals surface area contributed by atoms with Crippen LogP contribution in [0.3, 0.4) is 0 Å². The lowest BCUT2D eigenvalue weighted by Gasteiger charge is -2.25. The smallest absolute Gasteiger partial charge is 0.326 e. The molecule has 0 spiro atoms. The molecule has 1 rings (SSSR count). The van der Waals surface area contributed by atoms with Crippen LogP contribution in [0.5, 0.6) is 0 Å². The molecule has 0 bridgehead atoms. The zero-order chi connectivity index (χ0) is 13.9. The second kappa shape index (κ2) is 5.67. The van der Waals surface area contributed by atoms with Gasteiger partial charge in [-0.1, -0.05) is 0 Å². The molecule has 1 aliphatic heterocycles. The summed E-state index contributed by atoms with van der Waals surface area (Å²) in [6, 6.07) is -0.774. The molecule has 1 aliphatic rings. The monoisotopic (exact) mass is 258 g/mol. The molecule has 0 radical (unpaired) electrons. The lowest BCUT2D eigenvalue weighted by molar-refractivity contribution is -0.147. The molecule has 1 heterocycles. The summed E-state index contributed by atoms with van der Waals surface area (Å²) in [7, 11) is 1.53. The topological polar surface area (TPSA) is 78.9 Å². The Hall–Kier alpha value is -1.14. The molecule has 1 amide bonds. The lowest BCUT2D eigenvalue weighted by atomic mass is 10.1. The zero-order valence-electron chi connectivity index (χ0n) is 11.4. The number of hydrogen-bond donors (Lipinski definition) is 2. The first-order valence-corrected chi connectivity index (χ1v) is 6.04. The van der Waals surface area contributed by atoms with E-state index in [9.17, 15) is 9.59 Å². The van der Waals surface area contributed by atoms with Gasteiger partial charge in [0.1, 0.15) is 6.04 Å². The van der Waals surface area contributed by atoms with Gasteiger partial charge in [0.2, 0.25) is 5.91 Å². The number of carboxylic acid groups (broad SMARTS) is 1. The van der Waals surface area contributed by atoms with E-state index in [-0.39, 0.29) is 24.1 Å². The Morgan fingerprint density at radius 1 is 1.44 bits per heavy atom. The van der Waals surface area contributed by atoms with E-state index in [4.69, 9.17) is 9.84 Å². The van der Waals surface area contributed by atoms with Gasteiger partial charge < -0.3 is 20.1 Å². The number of amides is 1. The molecule has 0 aromatic carbocycles. The minimum absolute atomic E-state index is 0.143. The number of carbonyl (C=O) groups is 2. The van der Waals surface area contributed by atoms with Gasteiger partial charge in [-0.15, -0.1) is 0 Å². The van der Waals surface area contributed by atoms with Crippen LogP contribution in [0.15, 0.2) is 0 Å². The van der Waals surface area contributed by atoms with Crippen molar-refractivity contribution in [3.8, 4) is 0 Å². The van der Waals surface area contributed by atoms with E-state index in [0.29, 0.717) is 13.0 Å². The SMILES string of the molecule is COC1CC(C(=O)O)N(C(=O)CNC(C)(C)C)C1. The van der Waals surface area contributed by atoms with Crippen molar-refractivity contribution in [1.82, 2.24) is 10.2 Å². The van der Waals surface area contributed by atoms with Crippen LogP contribution in [0.2, 0.25) is 0 Å². The second-order valence-electron chi connectivity index (χ2n) is 5.60. The van der Waals surface area contributed by atoms with Gasteiger partial charge in [0.25, 0.3) is 0 Å². The lowest BCUT2D eigenvalue weighted by Crippen LogP contribution is -2.48. The van der Waals surface area contributed by atoms with Crippen LogP contribution < -0.4 is 5.32 Å². The zero-order valence-corrected chi connectivity index (χ0v) is 11.4. The first-order valence-electron chi connectivity index (χ1n) is 6.04. The highest BCUT2D eigenvalue weighted by atomic mass is 16.5. The van der Waals surface area contributed by atoms with Crippen molar-refractivity contribution in [2.24, 2.45) is 0 Å². The Bertz CT molecular complexity index is 325. The minimum Gasteiger partial charge on any atom is -0.480 e. The number of likely N-dealkylation sites (tertiary alicyclic amines) is 1. The average molecular weight is 258 g/mol. The van der Waals surface area contributed by atoms with Crippen molar-refractivity contribution in [2.75, 3.05) is 20.2 Å². The molecule has 0 aliphatic carbocycles. The van der Waals surface area contributed by atoms with Crippen LogP contribution in [-0.4, -0.2) is 59.8 Å². The summed E-state index contributed by atoms with van der Waals surface area (Å²) in [4.78, 5) is 24.5. The van der Waals surface area contributed by atoms with Crippen molar-refractivity contribution in [3.63, 3.8) is 0 Å². The average Bonchev–Trinajstić information content (AvgIpc) is 2.69. The number of nitrogens with one attached hydrogen (secondary N) is 1. The third-order valence-corrected chi connectivity index (χ3v) is 2.97. The maximum absolute atomic E-state index is 12.0. The quantitative estimate of drug-likeness (QED) is 0.746. The largest absolute Gasteiger partial charge is 0.480 e. The highest BCUT2D eigenvalue weighted by molar-refractivity contribution is 5.85. The number of rotatable bonds is 4. The standard InChI is InChI=1S/C12H22N2O4/c1-12(2,3)13-6-10(15)14-7-8(18-4)5-9(14)11(16)17/h8-9,13H,5-7H2,1-4H3,(H,16,17). The predicted octanol–water partition coefficient (Wildman–Crippen LogP) is 0.0750. The minimum atomic E-state index is -0.973. The summed E-state index contributed by atoms with van der Waals surface area (Å²) < 4.78 is 5.14. The van der Waals surface area contributed by atoms with Crippen molar-refractivity contribution in [3.05, 3.63) is 0 Å². The van der Waals surface area contributed by atoms with Gasteiger partial charge in [0.15, 0.2) is 0 Å². The highest BCUT2D eigenvalue weighted by Crippen LogP contribution is 2.20. The number of carbonyl (C=O) groups excluding carboxylic acids is 1. The van der Waals surface area contributed by atoms with E-state index in [1.807, 2.05) is 20.8 Å². The normalized spacial score (nSPS) is 24.3. The van der Waals surface area contributed by atoms with Gasteiger partial charge in [-0.2, -0.15) is 0 Å². The molecule has 6 heteroatoms. The summed E-state index contributed by atoms with van der Waals surface area (Å²) >= 11 is 0. The van der Waals surface area contributed by atoms with Gasteiger partial charge in [0, 0.05) is 25.6 Å². The molecule has 2 unspecified atom stereocenters. The predicted molar refractivity (Wildman–Crippen MR) is 66.3 cm³/mol. The van der Waals surface area contributed by atoms with E-state index in [1.54, 1.807) is 0 Å². The summed E-state index contributed by atoms with van der Waals surface area (Å²) in [5.41, 5.74) is -0.172. The molecule has 0 saturated carbocycles. The Balaban J connectivity index is 2.62. The molecular weight excluding hydrogens is 236 g/mol. The van der Waals surface area contributed by atoms with E-state index in [0.717, 1.165) is 0 Å². The molecule has 1 fully saturated rings. The molecule has 2 atom stereocenters. The van der Waals surface area contributed by atoms with Crippen molar-refractivity contribution in [1.29, 1.82) is 0 Å². The van der Waals surface area contributed by atoms with Crippen molar-refractivity contribution in [2.45, 2.75) is 44.9 Å². The van der Waals surface area contributed by atoms with E-state index in [2.05, 4.69) is 5.32 Å². The Morgan fingerprint density at radius 3 is 2.50 bits per heavy atom. The third kappa shape index (κ3) is 3.96. The molecule has 6 nitrogen and oxygen atoms in total. The van der Waals surface area contributed by atoms with Gasteiger partial charge >= 0.3 is 5.97 Å². The Morgan fingerprint density at radius 2 is 2.06 bits per heavy atom. The van der Waals surface area contributed by atoms with E-state index in [1.165, 1.54) is 12.0 Å². The number of nitrogens with zero attached hydrogens (tertiary/aromatic N) is 1. The Kier molecular flexibility index (Phi) is 4.70. The maximum Gasteiger partial charge on any atom is 0.326 e. The van der Waals surface area contributed by atoms with Crippen molar-refractivity contribution >= 4 is 11.9 Å². The van der Waals surface area contributed by atoms with Gasteiger partial charge in [-0.05, 0) is 20.8 Å². The molecular formula is C12H22N2O4. The van der Waals surface area contributed by atoms with Crippen LogP contribution in [0.25, 0.3) is 0 Å². The van der Waals surface area contributed by atoms with Crippen molar-refractivity contribution < 1.29 is 19.4 Å². The highest BCUT2D eigenvalue weighted by Gasteiger charge is 2.39. The fourth-order valence-electron chi connectivity index (χ4n) is 1.92. The number of carboxylic acids is 1. The maximum atomic E-state index is 12.0.